The number of methoxy groups -OCH3 is 1. The first kappa shape index (κ1) is 21.0. The molecule has 29 heavy (non-hydrogen) atoms. The number of aromatic nitrogens is 1. The Labute approximate surface area is 179 Å². The van der Waals surface area contributed by atoms with Crippen LogP contribution in [-0.2, 0) is 9.59 Å². The van der Waals surface area contributed by atoms with Gasteiger partial charge in [-0.15, -0.1) is 0 Å². The SMILES string of the molecule is COc1ccc(Br)cc1C=CC(=O)N1CCCC(C(=O)Nc2ncccc2C)C1. The van der Waals surface area contributed by atoms with Crippen LogP contribution in [0.4, 0.5) is 5.82 Å². The van der Waals surface area contributed by atoms with E-state index in [0.29, 0.717) is 24.7 Å². The Bertz CT molecular complexity index is 929. The molecule has 0 radical (unpaired) electrons. The van der Waals surface area contributed by atoms with Gasteiger partial charge in [0.1, 0.15) is 11.6 Å². The van der Waals surface area contributed by atoms with Crippen molar-refractivity contribution < 1.29 is 14.3 Å². The molecule has 1 fully saturated rings. The molecule has 1 unspecified atom stereocenters. The van der Waals surface area contributed by atoms with E-state index in [-0.39, 0.29) is 17.7 Å². The smallest absolute Gasteiger partial charge is 0.246 e. The molecular formula is C22H24BrN3O3. The molecule has 0 bridgehead atoms. The summed E-state index contributed by atoms with van der Waals surface area (Å²) in [6, 6.07) is 9.35. The molecule has 7 heteroatoms. The Hall–Kier alpha value is -2.67. The fourth-order valence-corrected chi connectivity index (χ4v) is 3.71. The van der Waals surface area contributed by atoms with Gasteiger partial charge < -0.3 is 15.0 Å². The minimum Gasteiger partial charge on any atom is -0.496 e. The van der Waals surface area contributed by atoms with Gasteiger partial charge >= 0.3 is 0 Å². The predicted molar refractivity (Wildman–Crippen MR) is 117 cm³/mol. The van der Waals surface area contributed by atoms with E-state index in [4.69, 9.17) is 4.74 Å². The zero-order valence-corrected chi connectivity index (χ0v) is 18.1. The molecule has 1 aliphatic heterocycles. The first-order chi connectivity index (χ1) is 14.0. The first-order valence-corrected chi connectivity index (χ1v) is 10.3. The third-order valence-electron chi connectivity index (χ3n) is 4.95. The molecule has 1 aromatic heterocycles. The number of piperidine rings is 1. The zero-order chi connectivity index (χ0) is 20.8. The topological polar surface area (TPSA) is 71.5 Å². The number of nitrogens with one attached hydrogen (secondary N) is 1. The van der Waals surface area contributed by atoms with E-state index in [9.17, 15) is 9.59 Å². The summed E-state index contributed by atoms with van der Waals surface area (Å²) < 4.78 is 6.24. The minimum atomic E-state index is -0.247. The molecule has 0 aliphatic carbocycles. The van der Waals surface area contributed by atoms with Crippen molar-refractivity contribution in [2.45, 2.75) is 19.8 Å². The lowest BCUT2D eigenvalue weighted by atomic mass is 9.97. The largest absolute Gasteiger partial charge is 0.496 e. The van der Waals surface area contributed by atoms with Crippen molar-refractivity contribution in [1.29, 1.82) is 0 Å². The first-order valence-electron chi connectivity index (χ1n) is 9.51. The van der Waals surface area contributed by atoms with Crippen LogP contribution < -0.4 is 10.1 Å². The average molecular weight is 458 g/mol. The average Bonchev–Trinajstić information content (AvgIpc) is 2.73. The van der Waals surface area contributed by atoms with Crippen LogP contribution in [0.25, 0.3) is 6.08 Å². The van der Waals surface area contributed by atoms with Gasteiger partial charge in [-0.2, -0.15) is 0 Å². The number of halogens is 1. The second kappa shape index (κ2) is 9.69. The Morgan fingerprint density at radius 2 is 2.17 bits per heavy atom. The second-order valence-electron chi connectivity index (χ2n) is 7.00. The van der Waals surface area contributed by atoms with E-state index in [1.54, 1.807) is 24.3 Å². The van der Waals surface area contributed by atoms with E-state index in [2.05, 4.69) is 26.2 Å². The number of ether oxygens (including phenoxy) is 1. The van der Waals surface area contributed by atoms with Crippen molar-refractivity contribution >= 4 is 39.6 Å². The Balaban J connectivity index is 1.64. The van der Waals surface area contributed by atoms with E-state index in [1.165, 1.54) is 6.08 Å². The second-order valence-corrected chi connectivity index (χ2v) is 7.92. The van der Waals surface area contributed by atoms with Gasteiger partial charge in [0.05, 0.1) is 13.0 Å². The number of carbonyl (C=O) groups excluding carboxylic acids is 2. The maximum absolute atomic E-state index is 12.7. The summed E-state index contributed by atoms with van der Waals surface area (Å²) in [6.07, 6.45) is 6.48. The molecule has 3 rings (SSSR count). The monoisotopic (exact) mass is 457 g/mol. The maximum Gasteiger partial charge on any atom is 0.246 e. The summed E-state index contributed by atoms with van der Waals surface area (Å²) in [6.45, 7) is 2.95. The quantitative estimate of drug-likeness (QED) is 0.687. The maximum atomic E-state index is 12.7. The minimum absolute atomic E-state index is 0.0954. The number of carbonyl (C=O) groups is 2. The molecule has 0 saturated carbocycles. The number of nitrogens with zero attached hydrogens (tertiary/aromatic N) is 2. The molecular weight excluding hydrogens is 434 g/mol. The highest BCUT2D eigenvalue weighted by Crippen LogP contribution is 2.25. The summed E-state index contributed by atoms with van der Waals surface area (Å²) in [4.78, 5) is 31.3. The molecule has 2 heterocycles. The molecule has 1 saturated heterocycles. The standard InChI is InChI=1S/C22H24BrN3O3/c1-15-5-3-11-24-21(15)25-22(28)17-6-4-12-26(14-17)20(27)10-7-16-13-18(23)8-9-19(16)29-2/h3,5,7-11,13,17H,4,6,12,14H2,1-2H3,(H,24,25,28). The van der Waals surface area contributed by atoms with Gasteiger partial charge in [0.25, 0.3) is 0 Å². The summed E-state index contributed by atoms with van der Waals surface area (Å²) in [5, 5.41) is 2.89. The molecule has 0 spiro atoms. The van der Waals surface area contributed by atoms with Gasteiger partial charge in [0, 0.05) is 35.4 Å². The lowest BCUT2D eigenvalue weighted by Crippen LogP contribution is -2.43. The summed E-state index contributed by atoms with van der Waals surface area (Å²) in [5.41, 5.74) is 1.72. The molecule has 1 aliphatic rings. The number of hydrogen-bond acceptors (Lipinski definition) is 4. The van der Waals surface area contributed by atoms with Crippen LogP contribution in [0.2, 0.25) is 0 Å². The number of rotatable bonds is 5. The van der Waals surface area contributed by atoms with Crippen LogP contribution >= 0.6 is 15.9 Å². The van der Waals surface area contributed by atoms with Gasteiger partial charge in [-0.3, -0.25) is 9.59 Å². The predicted octanol–water partition coefficient (Wildman–Crippen LogP) is 4.05. The summed E-state index contributed by atoms with van der Waals surface area (Å²) in [7, 11) is 1.60. The molecule has 2 amide bonds. The van der Waals surface area contributed by atoms with Crippen molar-refractivity contribution in [2.75, 3.05) is 25.5 Å². The fourth-order valence-electron chi connectivity index (χ4n) is 3.33. The molecule has 6 nitrogen and oxygen atoms in total. The third kappa shape index (κ3) is 5.44. The van der Waals surface area contributed by atoms with Crippen LogP contribution in [0, 0.1) is 12.8 Å². The van der Waals surface area contributed by atoms with Crippen molar-refractivity contribution in [3.63, 3.8) is 0 Å². The van der Waals surface area contributed by atoms with Crippen LogP contribution in [0.1, 0.15) is 24.0 Å². The number of pyridine rings is 1. The van der Waals surface area contributed by atoms with Crippen molar-refractivity contribution in [3.8, 4) is 5.75 Å². The zero-order valence-electron chi connectivity index (χ0n) is 16.5. The van der Waals surface area contributed by atoms with Crippen LogP contribution in [0.3, 0.4) is 0 Å². The summed E-state index contributed by atoms with van der Waals surface area (Å²) >= 11 is 3.43. The summed E-state index contributed by atoms with van der Waals surface area (Å²) in [5.74, 6) is 0.810. The normalized spacial score (nSPS) is 16.7. The van der Waals surface area contributed by atoms with Gasteiger partial charge in [-0.25, -0.2) is 4.98 Å². The van der Waals surface area contributed by atoms with Crippen molar-refractivity contribution in [2.24, 2.45) is 5.92 Å². The van der Waals surface area contributed by atoms with E-state index in [1.807, 2.05) is 37.3 Å². The van der Waals surface area contributed by atoms with Gasteiger partial charge in [-0.1, -0.05) is 22.0 Å². The van der Waals surface area contributed by atoms with E-state index in [0.717, 1.165) is 28.4 Å². The highest BCUT2D eigenvalue weighted by molar-refractivity contribution is 9.10. The number of amides is 2. The van der Waals surface area contributed by atoms with Crippen molar-refractivity contribution in [1.82, 2.24) is 9.88 Å². The number of hydrogen-bond donors (Lipinski definition) is 1. The molecule has 1 atom stereocenters. The van der Waals surface area contributed by atoms with Gasteiger partial charge in [0.2, 0.25) is 11.8 Å². The third-order valence-corrected chi connectivity index (χ3v) is 5.45. The number of likely N-dealkylation sites (tertiary alicyclic amines) is 1. The lowest BCUT2D eigenvalue weighted by molar-refractivity contribution is -0.130. The highest BCUT2D eigenvalue weighted by Gasteiger charge is 2.28. The van der Waals surface area contributed by atoms with Crippen molar-refractivity contribution in [3.05, 3.63) is 58.2 Å². The number of anilines is 1. The Kier molecular flexibility index (Phi) is 7.04. The number of aryl methyl sites for hydroxylation is 1. The van der Waals surface area contributed by atoms with Gasteiger partial charge in [-0.05, 0) is 55.7 Å². The Morgan fingerprint density at radius 1 is 1.34 bits per heavy atom. The lowest BCUT2D eigenvalue weighted by Gasteiger charge is -2.31. The number of benzene rings is 1. The molecule has 152 valence electrons. The Morgan fingerprint density at radius 3 is 2.93 bits per heavy atom. The van der Waals surface area contributed by atoms with E-state index < -0.39 is 0 Å². The van der Waals surface area contributed by atoms with Crippen LogP contribution in [-0.4, -0.2) is 41.9 Å². The highest BCUT2D eigenvalue weighted by atomic mass is 79.9. The van der Waals surface area contributed by atoms with Crippen LogP contribution in [0.5, 0.6) is 5.75 Å². The molecule has 1 aromatic carbocycles. The fraction of sp³-hybridized carbons (Fsp3) is 0.318. The van der Waals surface area contributed by atoms with E-state index >= 15 is 0 Å². The molecule has 2 aromatic rings. The van der Waals surface area contributed by atoms with Crippen LogP contribution in [0.15, 0.2) is 47.1 Å². The van der Waals surface area contributed by atoms with Gasteiger partial charge in [0.15, 0.2) is 0 Å². The molecule has 1 N–H and O–H groups in total.